The van der Waals surface area contributed by atoms with Crippen molar-refractivity contribution in [3.8, 4) is 0 Å². The molecule has 0 saturated heterocycles. The van der Waals surface area contributed by atoms with Crippen LogP contribution in [0, 0.1) is 42.4 Å². The van der Waals surface area contributed by atoms with Crippen molar-refractivity contribution in [2.75, 3.05) is 23.7 Å². The van der Waals surface area contributed by atoms with Crippen LogP contribution in [-0.2, 0) is 0 Å². The number of urea groups is 2. The first-order chi connectivity index (χ1) is 15.0. The van der Waals surface area contributed by atoms with Crippen LogP contribution in [0.5, 0.6) is 0 Å². The Kier molecular flexibility index (Phi) is 5.81. The Morgan fingerprint density at radius 1 is 0.806 bits per heavy atom. The maximum Gasteiger partial charge on any atom is 0.319 e. The third-order valence-electron chi connectivity index (χ3n) is 8.56. The number of aryl methyl sites for hydroxylation is 1. The molecule has 1 aromatic rings. The summed E-state index contributed by atoms with van der Waals surface area (Å²) in [5, 5.41) is 12.0. The minimum atomic E-state index is -0.168. The zero-order chi connectivity index (χ0) is 21.4. The normalized spacial score (nSPS) is 32.8. The lowest BCUT2D eigenvalue weighted by atomic mass is 9.89. The average molecular weight is 425 g/mol. The summed E-state index contributed by atoms with van der Waals surface area (Å²) in [4.78, 5) is 24.8. The molecule has 0 aliphatic heterocycles. The predicted molar refractivity (Wildman–Crippen MR) is 123 cm³/mol. The minimum absolute atomic E-state index is 0.163. The van der Waals surface area contributed by atoms with Crippen molar-refractivity contribution in [2.45, 2.75) is 58.3 Å². The van der Waals surface area contributed by atoms with Gasteiger partial charge >= 0.3 is 12.1 Å². The zero-order valence-electron chi connectivity index (χ0n) is 18.6. The van der Waals surface area contributed by atoms with Gasteiger partial charge in [0.25, 0.3) is 0 Å². The number of carbonyl (C=O) groups is 2. The highest BCUT2D eigenvalue weighted by atomic mass is 16.2. The van der Waals surface area contributed by atoms with E-state index < -0.39 is 0 Å². The number of amides is 4. The van der Waals surface area contributed by atoms with Crippen molar-refractivity contribution in [3.05, 3.63) is 23.8 Å². The lowest BCUT2D eigenvalue weighted by molar-refractivity contribution is 0.245. The van der Waals surface area contributed by atoms with E-state index in [0.717, 1.165) is 48.0 Å². The molecule has 4 aliphatic rings. The molecule has 0 unspecified atom stereocenters. The van der Waals surface area contributed by atoms with Crippen molar-refractivity contribution in [1.29, 1.82) is 0 Å². The van der Waals surface area contributed by atoms with Crippen LogP contribution in [-0.4, -0.2) is 25.2 Å². The molecule has 31 heavy (non-hydrogen) atoms. The van der Waals surface area contributed by atoms with Crippen LogP contribution in [0.25, 0.3) is 0 Å². The van der Waals surface area contributed by atoms with E-state index >= 15 is 0 Å². The number of carbonyl (C=O) groups excluding carboxylic acids is 2. The van der Waals surface area contributed by atoms with Gasteiger partial charge in [-0.1, -0.05) is 18.9 Å². The number of anilines is 2. The number of fused-ring (bicyclic) bond motifs is 4. The van der Waals surface area contributed by atoms with Gasteiger partial charge in [-0.25, -0.2) is 9.59 Å². The predicted octanol–water partition coefficient (Wildman–Crippen LogP) is 5.11. The molecule has 4 fully saturated rings. The van der Waals surface area contributed by atoms with Crippen molar-refractivity contribution in [3.63, 3.8) is 0 Å². The number of benzene rings is 1. The largest absolute Gasteiger partial charge is 0.338 e. The second-order valence-electron chi connectivity index (χ2n) is 10.6. The molecule has 5 rings (SSSR count). The molecule has 6 heteroatoms. The Morgan fingerprint density at radius 2 is 1.39 bits per heavy atom. The summed E-state index contributed by atoms with van der Waals surface area (Å²) in [5.74, 6) is 4.66. The topological polar surface area (TPSA) is 82.3 Å². The summed E-state index contributed by atoms with van der Waals surface area (Å²) in [6.45, 7) is 3.48. The van der Waals surface area contributed by atoms with Crippen LogP contribution in [0.15, 0.2) is 18.2 Å². The molecule has 1 aromatic carbocycles. The summed E-state index contributed by atoms with van der Waals surface area (Å²) in [6.07, 6.45) is 10.6. The summed E-state index contributed by atoms with van der Waals surface area (Å²) in [5.41, 5.74) is 2.40. The Labute approximate surface area is 185 Å². The van der Waals surface area contributed by atoms with Gasteiger partial charge in [0, 0.05) is 24.5 Å². The fourth-order valence-corrected chi connectivity index (χ4v) is 6.88. The van der Waals surface area contributed by atoms with Gasteiger partial charge in [0.05, 0.1) is 0 Å². The van der Waals surface area contributed by atoms with Crippen molar-refractivity contribution in [1.82, 2.24) is 10.6 Å². The third-order valence-corrected chi connectivity index (χ3v) is 8.56. The molecule has 0 heterocycles. The highest BCUT2D eigenvalue weighted by Gasteiger charge is 2.40. The van der Waals surface area contributed by atoms with Crippen molar-refractivity contribution >= 4 is 23.4 Å². The maximum atomic E-state index is 12.5. The highest BCUT2D eigenvalue weighted by molar-refractivity contribution is 5.93. The zero-order valence-corrected chi connectivity index (χ0v) is 18.6. The van der Waals surface area contributed by atoms with E-state index in [2.05, 4.69) is 21.3 Å². The first-order valence-corrected chi connectivity index (χ1v) is 12.2. The second kappa shape index (κ2) is 8.71. The van der Waals surface area contributed by atoms with Crippen LogP contribution in [0.1, 0.15) is 56.9 Å². The van der Waals surface area contributed by atoms with Crippen molar-refractivity contribution < 1.29 is 9.59 Å². The van der Waals surface area contributed by atoms with Gasteiger partial charge in [0.15, 0.2) is 0 Å². The van der Waals surface area contributed by atoms with Gasteiger partial charge < -0.3 is 21.3 Å². The molecule has 4 N–H and O–H groups in total. The Balaban J connectivity index is 1.09. The molecular weight excluding hydrogens is 388 g/mol. The van der Waals surface area contributed by atoms with Gasteiger partial charge in [0.2, 0.25) is 0 Å². The van der Waals surface area contributed by atoms with Crippen LogP contribution in [0.3, 0.4) is 0 Å². The van der Waals surface area contributed by atoms with Crippen LogP contribution in [0.2, 0.25) is 0 Å². The lowest BCUT2D eigenvalue weighted by Gasteiger charge is -2.22. The number of hydrogen-bond donors (Lipinski definition) is 4. The van der Waals surface area contributed by atoms with E-state index in [0.29, 0.717) is 17.5 Å². The van der Waals surface area contributed by atoms with Gasteiger partial charge in [-0.05, 0) is 98.7 Å². The highest BCUT2D eigenvalue weighted by Crippen LogP contribution is 2.48. The molecule has 4 amide bonds. The molecule has 4 saturated carbocycles. The molecule has 6 nitrogen and oxygen atoms in total. The Bertz CT molecular complexity index is 841. The molecule has 0 radical (unpaired) electrons. The average Bonchev–Trinajstić information content (AvgIpc) is 3.55. The standard InChI is InChI=1S/C25H36N4O2/c1-15-2-7-22(28-24(30)26-13-20-10-16-3-5-18(20)8-16)12-23(15)29-25(31)27-14-21-11-17-4-6-19(21)9-17/h2,7,12,16-21H,3-6,8-11,13-14H2,1H3,(H2,26,28,30)(H2,27,29,31)/t16-,17-,18-,19-,20-,21+/m0/s1. The Morgan fingerprint density at radius 3 is 1.90 bits per heavy atom. The van der Waals surface area contributed by atoms with Gasteiger partial charge in [-0.3, -0.25) is 0 Å². The van der Waals surface area contributed by atoms with E-state index in [1.54, 1.807) is 0 Å². The fraction of sp³-hybridized carbons (Fsp3) is 0.680. The molecule has 6 atom stereocenters. The summed E-state index contributed by atoms with van der Waals surface area (Å²) in [7, 11) is 0. The molecule has 4 bridgehead atoms. The second-order valence-corrected chi connectivity index (χ2v) is 10.6. The van der Waals surface area contributed by atoms with E-state index in [1.807, 2.05) is 25.1 Å². The molecule has 0 aromatic heterocycles. The third kappa shape index (κ3) is 4.68. The number of rotatable bonds is 6. The fourth-order valence-electron chi connectivity index (χ4n) is 6.88. The van der Waals surface area contributed by atoms with E-state index in [4.69, 9.17) is 0 Å². The SMILES string of the molecule is Cc1ccc(NC(=O)NC[C@@H]2C[C@H]3CC[C@H]2C3)cc1NC(=O)NC[C@H]1C[C@H]2CC[C@H]1C2. The number of nitrogens with one attached hydrogen (secondary N) is 4. The summed E-state index contributed by atoms with van der Waals surface area (Å²) in [6, 6.07) is 5.31. The van der Waals surface area contributed by atoms with Crippen LogP contribution in [0.4, 0.5) is 21.0 Å². The smallest absolute Gasteiger partial charge is 0.319 e. The summed E-state index contributed by atoms with van der Waals surface area (Å²) < 4.78 is 0. The maximum absolute atomic E-state index is 12.5. The molecule has 4 aliphatic carbocycles. The van der Waals surface area contributed by atoms with Crippen molar-refractivity contribution in [2.24, 2.45) is 35.5 Å². The molecule has 168 valence electrons. The first kappa shape index (κ1) is 20.7. The quantitative estimate of drug-likeness (QED) is 0.512. The van der Waals surface area contributed by atoms with E-state index in [9.17, 15) is 9.59 Å². The summed E-state index contributed by atoms with van der Waals surface area (Å²) >= 11 is 0. The van der Waals surface area contributed by atoms with Gasteiger partial charge in [-0.15, -0.1) is 0 Å². The molecule has 0 spiro atoms. The minimum Gasteiger partial charge on any atom is -0.338 e. The molecular formula is C25H36N4O2. The van der Waals surface area contributed by atoms with Gasteiger partial charge in [-0.2, -0.15) is 0 Å². The van der Waals surface area contributed by atoms with Gasteiger partial charge in [0.1, 0.15) is 0 Å². The monoisotopic (exact) mass is 424 g/mol. The van der Waals surface area contributed by atoms with Crippen LogP contribution < -0.4 is 21.3 Å². The van der Waals surface area contributed by atoms with Crippen LogP contribution >= 0.6 is 0 Å². The number of hydrogen-bond acceptors (Lipinski definition) is 2. The van der Waals surface area contributed by atoms with E-state index in [-0.39, 0.29) is 12.1 Å². The van der Waals surface area contributed by atoms with E-state index in [1.165, 1.54) is 51.4 Å². The lowest BCUT2D eigenvalue weighted by Crippen LogP contribution is -2.35. The first-order valence-electron chi connectivity index (χ1n) is 12.2. The Hall–Kier alpha value is -2.24.